The predicted octanol–water partition coefficient (Wildman–Crippen LogP) is 4.97. The highest BCUT2D eigenvalue weighted by molar-refractivity contribution is 6.34. The third-order valence-corrected chi connectivity index (χ3v) is 3.93. The zero-order chi connectivity index (χ0) is 18.7. The van der Waals surface area contributed by atoms with E-state index in [9.17, 15) is 18.0 Å². The van der Waals surface area contributed by atoms with E-state index >= 15 is 0 Å². The number of carbonyl (C=O) groups excluding carboxylic acids is 1. The van der Waals surface area contributed by atoms with Gasteiger partial charge in [0.2, 0.25) is 0 Å². The van der Waals surface area contributed by atoms with Crippen molar-refractivity contribution in [3.63, 3.8) is 0 Å². The maximum atomic E-state index is 12.4. The van der Waals surface area contributed by atoms with Crippen molar-refractivity contribution in [3.8, 4) is 5.75 Å². The van der Waals surface area contributed by atoms with Gasteiger partial charge in [-0.3, -0.25) is 4.79 Å². The van der Waals surface area contributed by atoms with Gasteiger partial charge in [0.1, 0.15) is 12.4 Å². The standard InChI is InChI=1S/C18H14ClF3N2O2/c19-14-9-11(5-6-18(20,21)22)1-3-13(14)17(25)24-12-2-4-15-16(10-12)26-8-7-23-15/h1-6,9-10,23H,7-8H2,(H,24,25)/b6-5+. The molecule has 1 aliphatic rings. The molecular weight excluding hydrogens is 369 g/mol. The zero-order valence-electron chi connectivity index (χ0n) is 13.4. The first kappa shape index (κ1) is 18.1. The summed E-state index contributed by atoms with van der Waals surface area (Å²) in [5, 5.41) is 5.92. The lowest BCUT2D eigenvalue weighted by Crippen LogP contribution is -2.18. The van der Waals surface area contributed by atoms with Crippen molar-refractivity contribution in [1.29, 1.82) is 0 Å². The summed E-state index contributed by atoms with van der Waals surface area (Å²) in [5.41, 5.74) is 1.77. The van der Waals surface area contributed by atoms with E-state index in [0.717, 1.165) is 11.8 Å². The van der Waals surface area contributed by atoms with Crippen LogP contribution < -0.4 is 15.4 Å². The molecule has 2 N–H and O–H groups in total. The second-order valence-corrected chi connectivity index (χ2v) is 5.96. The van der Waals surface area contributed by atoms with Crippen LogP contribution in [0.4, 0.5) is 24.5 Å². The molecule has 0 aliphatic carbocycles. The van der Waals surface area contributed by atoms with Crippen LogP contribution in [0.25, 0.3) is 6.08 Å². The topological polar surface area (TPSA) is 50.4 Å². The molecule has 0 fully saturated rings. The second-order valence-electron chi connectivity index (χ2n) is 5.55. The Balaban J connectivity index is 1.75. The average Bonchev–Trinajstić information content (AvgIpc) is 2.59. The largest absolute Gasteiger partial charge is 0.490 e. The molecule has 0 aromatic heterocycles. The van der Waals surface area contributed by atoms with Gasteiger partial charge in [-0.15, -0.1) is 0 Å². The molecule has 26 heavy (non-hydrogen) atoms. The molecule has 0 unspecified atom stereocenters. The van der Waals surface area contributed by atoms with E-state index in [2.05, 4.69) is 10.6 Å². The molecule has 1 heterocycles. The molecule has 2 aromatic carbocycles. The molecule has 136 valence electrons. The Morgan fingerprint density at radius 2 is 2.04 bits per heavy atom. The summed E-state index contributed by atoms with van der Waals surface area (Å²) in [5.74, 6) is 0.165. The summed E-state index contributed by atoms with van der Waals surface area (Å²) in [6.45, 7) is 1.24. The molecule has 1 amide bonds. The fourth-order valence-corrected chi connectivity index (χ4v) is 2.70. The summed E-state index contributed by atoms with van der Waals surface area (Å²) < 4.78 is 42.1. The molecule has 0 radical (unpaired) electrons. The maximum absolute atomic E-state index is 12.4. The number of halogens is 4. The lowest BCUT2D eigenvalue weighted by molar-refractivity contribution is -0.0790. The molecule has 0 spiro atoms. The smallest absolute Gasteiger partial charge is 0.409 e. The first-order chi connectivity index (χ1) is 12.3. The monoisotopic (exact) mass is 382 g/mol. The summed E-state index contributed by atoms with van der Waals surface area (Å²) in [4.78, 5) is 12.4. The van der Waals surface area contributed by atoms with Gasteiger partial charge in [-0.05, 0) is 29.8 Å². The van der Waals surface area contributed by atoms with E-state index in [-0.39, 0.29) is 22.2 Å². The van der Waals surface area contributed by atoms with Crippen molar-refractivity contribution >= 4 is 35.0 Å². The van der Waals surface area contributed by atoms with Gasteiger partial charge in [0.05, 0.1) is 16.3 Å². The highest BCUT2D eigenvalue weighted by atomic mass is 35.5. The van der Waals surface area contributed by atoms with E-state index in [0.29, 0.717) is 24.6 Å². The Labute approximate surface area is 152 Å². The number of rotatable bonds is 3. The van der Waals surface area contributed by atoms with Crippen LogP contribution in [0.15, 0.2) is 42.5 Å². The number of carbonyl (C=O) groups is 1. The van der Waals surface area contributed by atoms with Crippen molar-refractivity contribution < 1.29 is 22.7 Å². The van der Waals surface area contributed by atoms with Gasteiger partial charge in [0.15, 0.2) is 0 Å². The predicted molar refractivity (Wildman–Crippen MR) is 94.9 cm³/mol. The number of allylic oxidation sites excluding steroid dienone is 1. The van der Waals surface area contributed by atoms with Crippen LogP contribution in [0.3, 0.4) is 0 Å². The molecule has 3 rings (SSSR count). The number of amides is 1. The fraction of sp³-hybridized carbons (Fsp3) is 0.167. The van der Waals surface area contributed by atoms with Crippen LogP contribution in [0.2, 0.25) is 5.02 Å². The summed E-state index contributed by atoms with van der Waals surface area (Å²) >= 11 is 6.05. The van der Waals surface area contributed by atoms with Gasteiger partial charge >= 0.3 is 6.18 Å². The minimum absolute atomic E-state index is 0.0581. The van der Waals surface area contributed by atoms with Gasteiger partial charge < -0.3 is 15.4 Å². The Morgan fingerprint density at radius 3 is 2.77 bits per heavy atom. The van der Waals surface area contributed by atoms with Crippen LogP contribution >= 0.6 is 11.6 Å². The summed E-state index contributed by atoms with van der Waals surface area (Å²) in [7, 11) is 0. The number of alkyl halides is 3. The SMILES string of the molecule is O=C(Nc1ccc2c(c1)OCCN2)c1ccc(/C=C/C(F)(F)F)cc1Cl. The van der Waals surface area contributed by atoms with E-state index in [1.54, 1.807) is 18.2 Å². The van der Waals surface area contributed by atoms with E-state index < -0.39 is 12.1 Å². The van der Waals surface area contributed by atoms with Gasteiger partial charge in [-0.25, -0.2) is 0 Å². The number of nitrogens with one attached hydrogen (secondary N) is 2. The number of fused-ring (bicyclic) bond motifs is 1. The van der Waals surface area contributed by atoms with Gasteiger partial charge in [0, 0.05) is 24.4 Å². The number of hydrogen-bond donors (Lipinski definition) is 2. The van der Waals surface area contributed by atoms with Crippen molar-refractivity contribution in [2.45, 2.75) is 6.18 Å². The van der Waals surface area contributed by atoms with Crippen LogP contribution in [-0.4, -0.2) is 25.2 Å². The van der Waals surface area contributed by atoms with Crippen LogP contribution in [0.5, 0.6) is 5.75 Å². The summed E-state index contributed by atoms with van der Waals surface area (Å²) in [6, 6.07) is 9.27. The van der Waals surface area contributed by atoms with Gasteiger partial charge in [-0.2, -0.15) is 13.2 Å². The first-order valence-corrected chi connectivity index (χ1v) is 8.07. The highest BCUT2D eigenvalue weighted by Gasteiger charge is 2.22. The molecule has 4 nitrogen and oxygen atoms in total. The Kier molecular flexibility index (Phi) is 5.08. The molecule has 0 bridgehead atoms. The van der Waals surface area contributed by atoms with Crippen molar-refractivity contribution in [2.75, 3.05) is 23.8 Å². The average molecular weight is 383 g/mol. The lowest BCUT2D eigenvalue weighted by Gasteiger charge is -2.19. The van der Waals surface area contributed by atoms with Crippen LogP contribution in [0.1, 0.15) is 15.9 Å². The van der Waals surface area contributed by atoms with E-state index in [1.165, 1.54) is 18.2 Å². The van der Waals surface area contributed by atoms with Crippen molar-refractivity contribution in [3.05, 3.63) is 58.6 Å². The number of ether oxygens (including phenoxy) is 1. The molecule has 0 saturated heterocycles. The molecular formula is C18H14ClF3N2O2. The Bertz CT molecular complexity index is 866. The first-order valence-electron chi connectivity index (χ1n) is 7.69. The Hall–Kier alpha value is -2.67. The molecule has 1 aliphatic heterocycles. The number of benzene rings is 2. The quantitative estimate of drug-likeness (QED) is 0.787. The Morgan fingerprint density at radius 1 is 1.23 bits per heavy atom. The third-order valence-electron chi connectivity index (χ3n) is 3.62. The fourth-order valence-electron chi connectivity index (χ4n) is 2.42. The molecule has 2 aromatic rings. The third kappa shape index (κ3) is 4.49. The summed E-state index contributed by atoms with van der Waals surface area (Å²) in [6.07, 6.45) is -3.41. The lowest BCUT2D eigenvalue weighted by atomic mass is 10.1. The number of anilines is 2. The molecule has 8 heteroatoms. The van der Waals surface area contributed by atoms with Gasteiger partial charge in [0.25, 0.3) is 5.91 Å². The number of hydrogen-bond acceptors (Lipinski definition) is 3. The highest BCUT2D eigenvalue weighted by Crippen LogP contribution is 2.30. The minimum Gasteiger partial charge on any atom is -0.490 e. The minimum atomic E-state index is -4.41. The van der Waals surface area contributed by atoms with Crippen molar-refractivity contribution in [2.24, 2.45) is 0 Å². The molecule has 0 saturated carbocycles. The van der Waals surface area contributed by atoms with Crippen LogP contribution in [0, 0.1) is 0 Å². The maximum Gasteiger partial charge on any atom is 0.409 e. The van der Waals surface area contributed by atoms with E-state index in [1.807, 2.05) is 0 Å². The zero-order valence-corrected chi connectivity index (χ0v) is 14.1. The van der Waals surface area contributed by atoms with E-state index in [4.69, 9.17) is 16.3 Å². The molecule has 0 atom stereocenters. The normalized spacial score (nSPS) is 13.7. The van der Waals surface area contributed by atoms with Gasteiger partial charge in [-0.1, -0.05) is 23.7 Å². The van der Waals surface area contributed by atoms with Crippen LogP contribution in [-0.2, 0) is 0 Å². The second kappa shape index (κ2) is 7.29. The van der Waals surface area contributed by atoms with Crippen molar-refractivity contribution in [1.82, 2.24) is 0 Å².